The lowest BCUT2D eigenvalue weighted by atomic mass is 9.89. The summed E-state index contributed by atoms with van der Waals surface area (Å²) in [6.07, 6.45) is 2.79. The number of nitrogens with two attached hydrogens (primary N) is 1. The average Bonchev–Trinajstić information content (AvgIpc) is 3.55. The summed E-state index contributed by atoms with van der Waals surface area (Å²) in [5.41, 5.74) is 6.39. The van der Waals surface area contributed by atoms with Gasteiger partial charge in [-0.05, 0) is 6.42 Å². The number of hydrogen-bond donors (Lipinski definition) is 3. The van der Waals surface area contributed by atoms with Gasteiger partial charge in [-0.25, -0.2) is 4.98 Å². The predicted octanol–water partition coefficient (Wildman–Crippen LogP) is 1.75. The quantitative estimate of drug-likeness (QED) is 0.111. The fourth-order valence-corrected chi connectivity index (χ4v) is 7.57. The van der Waals surface area contributed by atoms with E-state index in [0.29, 0.717) is 16.7 Å². The first-order chi connectivity index (χ1) is 17.3. The zero-order chi connectivity index (χ0) is 25.7. The van der Waals surface area contributed by atoms with Crippen LogP contribution in [0.15, 0.2) is 20.4 Å². The number of thiazole rings is 1. The molecule has 194 valence electrons. The number of amides is 2. The van der Waals surface area contributed by atoms with E-state index in [9.17, 15) is 19.5 Å². The van der Waals surface area contributed by atoms with Crippen molar-refractivity contribution in [3.8, 4) is 0 Å². The van der Waals surface area contributed by atoms with Crippen LogP contribution in [-0.2, 0) is 19.2 Å². The Morgan fingerprint density at radius 2 is 2.25 bits per heavy atom. The number of anilines is 1. The Hall–Kier alpha value is -2.43. The minimum Gasteiger partial charge on any atom is -0.481 e. The third-order valence-electron chi connectivity index (χ3n) is 5.67. The second kappa shape index (κ2) is 11.7. The average molecular weight is 572 g/mol. The molecule has 2 aromatic rings. The molecule has 0 radical (unpaired) electrons. The number of nitrogens with one attached hydrogen (secondary N) is 1. The van der Waals surface area contributed by atoms with Crippen LogP contribution < -0.4 is 11.1 Å². The molecule has 12 nitrogen and oxygen atoms in total. The van der Waals surface area contributed by atoms with Gasteiger partial charge in [0.2, 0.25) is 5.91 Å². The van der Waals surface area contributed by atoms with Crippen molar-refractivity contribution in [2.45, 2.75) is 41.9 Å². The van der Waals surface area contributed by atoms with Gasteiger partial charge >= 0.3 is 5.97 Å². The number of aliphatic carboxylic acids is 1. The van der Waals surface area contributed by atoms with Crippen LogP contribution in [-0.4, -0.2) is 84.8 Å². The molecular weight excluding hydrogens is 547 g/mol. The Kier molecular flexibility index (Phi) is 8.69. The van der Waals surface area contributed by atoms with E-state index in [1.807, 2.05) is 0 Å². The van der Waals surface area contributed by atoms with Crippen LogP contribution >= 0.6 is 46.2 Å². The number of rotatable bonds is 12. The molecule has 0 saturated carbocycles. The van der Waals surface area contributed by atoms with Crippen LogP contribution in [0.2, 0.25) is 0 Å². The number of unbranched alkanes of at least 4 members (excludes halogenated alkanes) is 2. The summed E-state index contributed by atoms with van der Waals surface area (Å²) in [7, 11) is 0. The van der Waals surface area contributed by atoms with E-state index in [4.69, 9.17) is 10.6 Å². The minimum absolute atomic E-state index is 0.0557. The predicted molar refractivity (Wildman–Crippen MR) is 139 cm³/mol. The highest BCUT2D eigenvalue weighted by atomic mass is 32.2. The molecule has 0 aliphatic carbocycles. The van der Waals surface area contributed by atoms with Crippen molar-refractivity contribution < 1.29 is 24.3 Å². The summed E-state index contributed by atoms with van der Waals surface area (Å²) < 4.78 is 0.675. The van der Waals surface area contributed by atoms with E-state index in [1.165, 1.54) is 51.1 Å². The van der Waals surface area contributed by atoms with Crippen molar-refractivity contribution >= 4 is 74.8 Å². The van der Waals surface area contributed by atoms with Crippen LogP contribution in [0.5, 0.6) is 0 Å². The molecule has 2 fully saturated rings. The molecule has 2 saturated heterocycles. The summed E-state index contributed by atoms with van der Waals surface area (Å²) in [5, 5.41) is 25.9. The summed E-state index contributed by atoms with van der Waals surface area (Å²) in [6, 6.07) is -0.800. The number of nitrogen functional groups attached to an aromatic ring is 1. The zero-order valence-corrected chi connectivity index (χ0v) is 22.6. The number of thioether (sulfide) groups is 2. The molecule has 0 spiro atoms. The SMILES string of the molecule is CCCCCON=C(C(=O)NC1C(=O)N2CC(CSc3nncs3)(C(=O)O)CS[C@H]12)c1csc(N)n1. The van der Waals surface area contributed by atoms with E-state index in [0.717, 1.165) is 19.3 Å². The molecule has 0 bridgehead atoms. The number of oxime groups is 1. The van der Waals surface area contributed by atoms with Crippen LogP contribution in [0, 0.1) is 5.41 Å². The summed E-state index contributed by atoms with van der Waals surface area (Å²) >= 11 is 5.15. The third-order valence-corrected chi connectivity index (χ3v) is 10.1. The summed E-state index contributed by atoms with van der Waals surface area (Å²) in [4.78, 5) is 49.2. The maximum Gasteiger partial charge on any atom is 0.313 e. The van der Waals surface area contributed by atoms with Crippen molar-refractivity contribution in [1.82, 2.24) is 25.4 Å². The van der Waals surface area contributed by atoms with Gasteiger partial charge in [-0.1, -0.05) is 48.0 Å². The number of carboxylic acid groups (broad SMARTS) is 1. The van der Waals surface area contributed by atoms with Crippen molar-refractivity contribution in [1.29, 1.82) is 0 Å². The lowest BCUT2D eigenvalue weighted by Gasteiger charge is -2.53. The van der Waals surface area contributed by atoms with E-state index >= 15 is 0 Å². The van der Waals surface area contributed by atoms with E-state index < -0.39 is 23.3 Å². The van der Waals surface area contributed by atoms with Crippen molar-refractivity contribution in [3.63, 3.8) is 0 Å². The molecule has 2 amide bonds. The molecule has 2 aliphatic heterocycles. The second-order valence-electron chi connectivity index (χ2n) is 8.25. The molecular formula is C20H25N7O5S4. The highest BCUT2D eigenvalue weighted by Gasteiger charge is 2.57. The highest BCUT2D eigenvalue weighted by molar-refractivity contribution is 8.01. The number of carboxylic acids is 1. The lowest BCUT2D eigenvalue weighted by molar-refractivity contribution is -0.157. The van der Waals surface area contributed by atoms with Crippen molar-refractivity contribution in [2.75, 3.05) is 30.4 Å². The number of carbonyl (C=O) groups is 3. The fourth-order valence-electron chi connectivity index (χ4n) is 3.67. The van der Waals surface area contributed by atoms with E-state index in [1.54, 1.807) is 10.9 Å². The zero-order valence-electron chi connectivity index (χ0n) is 19.3. The Labute approximate surface area is 223 Å². The number of hydrogen-bond acceptors (Lipinski definition) is 13. The van der Waals surface area contributed by atoms with Gasteiger partial charge in [0.05, 0.1) is 0 Å². The molecule has 4 N–H and O–H groups in total. The highest BCUT2D eigenvalue weighted by Crippen LogP contribution is 2.44. The number of aromatic nitrogens is 3. The van der Waals surface area contributed by atoms with E-state index in [2.05, 4.69) is 32.6 Å². The number of carbonyl (C=O) groups excluding carboxylic acids is 2. The Balaban J connectivity index is 1.40. The largest absolute Gasteiger partial charge is 0.481 e. The summed E-state index contributed by atoms with van der Waals surface area (Å²) in [6.45, 7) is 2.48. The first kappa shape index (κ1) is 26.6. The van der Waals surface area contributed by atoms with Gasteiger partial charge in [-0.3, -0.25) is 14.4 Å². The second-order valence-corrected chi connectivity index (χ2v) is 12.3. The van der Waals surface area contributed by atoms with Gasteiger partial charge in [0.15, 0.2) is 15.2 Å². The number of β-lactam (4-membered cyclic amide) rings is 1. The Morgan fingerprint density at radius 1 is 1.42 bits per heavy atom. The summed E-state index contributed by atoms with van der Waals surface area (Å²) in [5.74, 6) is -1.36. The van der Waals surface area contributed by atoms with Gasteiger partial charge < -0.3 is 25.9 Å². The molecule has 4 heterocycles. The number of nitrogens with zero attached hydrogens (tertiary/aromatic N) is 5. The van der Waals surface area contributed by atoms with Crippen LogP contribution in [0.1, 0.15) is 31.9 Å². The topological polar surface area (TPSA) is 173 Å². The smallest absolute Gasteiger partial charge is 0.313 e. The minimum atomic E-state index is -1.13. The fraction of sp³-hybridized carbons (Fsp3) is 0.550. The third kappa shape index (κ3) is 5.76. The van der Waals surface area contributed by atoms with Crippen LogP contribution in [0.4, 0.5) is 5.13 Å². The molecule has 2 unspecified atom stereocenters. The molecule has 16 heteroatoms. The first-order valence-electron chi connectivity index (χ1n) is 11.1. The normalized spacial score (nSPS) is 23.6. The molecule has 4 rings (SSSR count). The Morgan fingerprint density at radius 3 is 2.92 bits per heavy atom. The number of fused-ring (bicyclic) bond motifs is 1. The van der Waals surface area contributed by atoms with Gasteiger partial charge in [0.1, 0.15) is 34.6 Å². The van der Waals surface area contributed by atoms with E-state index in [-0.39, 0.29) is 40.1 Å². The van der Waals surface area contributed by atoms with Crippen molar-refractivity contribution in [3.05, 3.63) is 16.6 Å². The van der Waals surface area contributed by atoms with Gasteiger partial charge in [0.25, 0.3) is 5.91 Å². The molecule has 3 atom stereocenters. The molecule has 0 aromatic carbocycles. The van der Waals surface area contributed by atoms with Crippen LogP contribution in [0.3, 0.4) is 0 Å². The molecule has 36 heavy (non-hydrogen) atoms. The van der Waals surface area contributed by atoms with Gasteiger partial charge in [-0.15, -0.1) is 33.3 Å². The molecule has 2 aliphatic rings. The van der Waals surface area contributed by atoms with Gasteiger partial charge in [0, 0.05) is 23.4 Å². The maximum absolute atomic E-state index is 13.1. The monoisotopic (exact) mass is 571 g/mol. The maximum atomic E-state index is 13.1. The van der Waals surface area contributed by atoms with Gasteiger partial charge in [-0.2, -0.15) is 0 Å². The first-order valence-corrected chi connectivity index (χ1v) is 14.9. The standard InChI is InChI=1S/C20H25N7O5S4/c1-2-3-4-5-32-26-12(11-6-33-18(21)23-11)14(28)24-13-15(29)27-7-20(17(30)31,8-34-16(13)27)9-35-19-25-22-10-36-19/h6,10,13,16H,2-5,7-9H2,1H3,(H2,21,23)(H,24,28)(H,30,31)/t13?,16-,20?/m1/s1. The Bertz CT molecular complexity index is 1130. The molecule has 2 aromatic heterocycles. The van der Waals surface area contributed by atoms with Crippen LogP contribution in [0.25, 0.3) is 0 Å². The lowest BCUT2D eigenvalue weighted by Crippen LogP contribution is -2.74. The van der Waals surface area contributed by atoms with Crippen molar-refractivity contribution in [2.24, 2.45) is 10.6 Å².